The molecule has 0 aliphatic rings. The van der Waals surface area contributed by atoms with E-state index in [-0.39, 0.29) is 157 Å². The number of fused-ring (bicyclic) bond motifs is 1. The first-order chi connectivity index (χ1) is 27.1. The molecule has 0 spiro atoms. The maximum atomic E-state index is 11.9. The topological polar surface area (TPSA) is 344 Å². The average Bonchev–Trinajstić information content (AvgIpc) is 3.12. The number of rotatable bonds is 11. The van der Waals surface area contributed by atoms with Gasteiger partial charge in [-0.15, -0.1) is 15.3 Å². The molecule has 0 aliphatic carbocycles. The largest absolute Gasteiger partial charge is 1.00 e. The number of anilines is 2. The SMILES string of the molecule is Cc1cc(Nc2nc(Cl)[nH]c(=Nc3cc(S(=O)(=O)[O-])ccc3S(=O)(=O)[O-])n2)ccc1N=Nc1ccc(N=Nc2ccccc2S(=O)(=O)[O-])c2cc(S(=O)(=O)[O-])ccc12.[Na+].[Na+].[Na+].[Na+]. The van der Waals surface area contributed by atoms with Gasteiger partial charge in [-0.3, -0.25) is 4.98 Å². The van der Waals surface area contributed by atoms with Gasteiger partial charge in [0.1, 0.15) is 46.2 Å². The van der Waals surface area contributed by atoms with Crippen LogP contribution in [-0.2, 0) is 40.5 Å². The summed E-state index contributed by atoms with van der Waals surface area (Å²) < 4.78 is 141. The maximum Gasteiger partial charge on any atom is 1.00 e. The molecular formula is C32H20ClN9Na4O12S4. The number of halogens is 1. The molecule has 0 bridgehead atoms. The zero-order valence-electron chi connectivity index (χ0n) is 32.7. The first-order valence-corrected chi connectivity index (χ1v) is 21.6. The molecule has 1 aromatic heterocycles. The van der Waals surface area contributed by atoms with Crippen LogP contribution in [0.1, 0.15) is 5.56 Å². The quantitative estimate of drug-likeness (QED) is 0.0693. The van der Waals surface area contributed by atoms with Crippen LogP contribution in [0.4, 0.5) is 40.1 Å². The van der Waals surface area contributed by atoms with E-state index >= 15 is 0 Å². The first kappa shape index (κ1) is 56.2. The summed E-state index contributed by atoms with van der Waals surface area (Å²) >= 11 is 6.07. The Labute approximate surface area is 446 Å². The van der Waals surface area contributed by atoms with Crippen molar-refractivity contribution in [3.8, 4) is 0 Å². The van der Waals surface area contributed by atoms with Gasteiger partial charge in [-0.05, 0) is 96.9 Å². The molecule has 5 aromatic carbocycles. The molecule has 2 N–H and O–H groups in total. The molecular weight excluding hydrogens is 958 g/mol. The molecule has 0 aliphatic heterocycles. The molecule has 0 amide bonds. The Morgan fingerprint density at radius 1 is 0.548 bits per heavy atom. The van der Waals surface area contributed by atoms with Crippen molar-refractivity contribution in [2.45, 2.75) is 26.5 Å². The smallest absolute Gasteiger partial charge is 0.744 e. The van der Waals surface area contributed by atoms with Gasteiger partial charge < -0.3 is 23.5 Å². The van der Waals surface area contributed by atoms with Crippen LogP contribution in [-0.4, -0.2) is 66.8 Å². The summed E-state index contributed by atoms with van der Waals surface area (Å²) in [6.45, 7) is 1.67. The number of benzene rings is 5. The van der Waals surface area contributed by atoms with E-state index in [4.69, 9.17) is 11.6 Å². The van der Waals surface area contributed by atoms with Crippen molar-refractivity contribution in [2.75, 3.05) is 5.32 Å². The number of hydrogen-bond acceptors (Lipinski definition) is 20. The fraction of sp³-hybridized carbons (Fsp3) is 0.0312. The molecule has 0 fully saturated rings. The van der Waals surface area contributed by atoms with Crippen molar-refractivity contribution >= 4 is 103 Å². The van der Waals surface area contributed by atoms with E-state index in [0.717, 1.165) is 18.2 Å². The van der Waals surface area contributed by atoms with E-state index in [1.807, 2.05) is 0 Å². The van der Waals surface area contributed by atoms with Gasteiger partial charge in [0, 0.05) is 16.5 Å². The Bertz CT molecular complexity index is 3270. The van der Waals surface area contributed by atoms with Gasteiger partial charge in [0.2, 0.25) is 16.9 Å². The molecule has 0 saturated heterocycles. The third-order valence-electron chi connectivity index (χ3n) is 7.69. The van der Waals surface area contributed by atoms with Crippen LogP contribution >= 0.6 is 11.6 Å². The zero-order chi connectivity index (χ0) is 42.2. The number of aromatic nitrogens is 3. The van der Waals surface area contributed by atoms with E-state index in [2.05, 4.69) is 45.7 Å². The summed E-state index contributed by atoms with van der Waals surface area (Å²) in [5, 5.41) is 19.4. The fourth-order valence-electron chi connectivity index (χ4n) is 5.11. The van der Waals surface area contributed by atoms with Crippen molar-refractivity contribution in [1.82, 2.24) is 15.0 Å². The summed E-state index contributed by atoms with van der Waals surface area (Å²) in [5.74, 6) is -0.197. The van der Waals surface area contributed by atoms with Crippen molar-refractivity contribution in [2.24, 2.45) is 25.4 Å². The van der Waals surface area contributed by atoms with E-state index in [0.29, 0.717) is 35.1 Å². The Morgan fingerprint density at radius 2 is 1.06 bits per heavy atom. The number of hydrogen-bond donors (Lipinski definition) is 2. The van der Waals surface area contributed by atoms with Crippen molar-refractivity contribution < 1.29 is 170 Å². The van der Waals surface area contributed by atoms with Gasteiger partial charge in [0.05, 0.1) is 42.3 Å². The van der Waals surface area contributed by atoms with Crippen LogP contribution in [0.2, 0.25) is 5.28 Å². The number of aryl methyl sites for hydroxylation is 1. The zero-order valence-corrected chi connectivity index (χ0v) is 44.7. The molecule has 0 radical (unpaired) electrons. The summed E-state index contributed by atoms with van der Waals surface area (Å²) in [5.41, 5.74) is 0.0120. The number of azo groups is 2. The summed E-state index contributed by atoms with van der Waals surface area (Å²) in [4.78, 5) is 11.3. The van der Waals surface area contributed by atoms with Crippen LogP contribution in [0.15, 0.2) is 136 Å². The maximum absolute atomic E-state index is 11.9. The van der Waals surface area contributed by atoms with Crippen LogP contribution in [0.25, 0.3) is 10.8 Å². The monoisotopic (exact) mass is 977 g/mol. The van der Waals surface area contributed by atoms with Gasteiger partial charge in [-0.1, -0.05) is 18.2 Å². The summed E-state index contributed by atoms with van der Waals surface area (Å²) in [6.07, 6.45) is 0. The fourth-order valence-corrected chi connectivity index (χ4v) is 7.47. The van der Waals surface area contributed by atoms with Crippen LogP contribution in [0, 0.1) is 6.92 Å². The molecule has 0 saturated carbocycles. The molecule has 6 rings (SSSR count). The molecule has 0 atom stereocenters. The van der Waals surface area contributed by atoms with Gasteiger partial charge in [0.25, 0.3) is 0 Å². The molecule has 1 heterocycles. The van der Waals surface area contributed by atoms with Crippen LogP contribution in [0.3, 0.4) is 0 Å². The van der Waals surface area contributed by atoms with Crippen LogP contribution in [0.5, 0.6) is 0 Å². The predicted molar refractivity (Wildman–Crippen MR) is 198 cm³/mol. The number of nitrogens with zero attached hydrogens (tertiary/aromatic N) is 7. The van der Waals surface area contributed by atoms with Gasteiger partial charge >= 0.3 is 118 Å². The molecule has 30 heteroatoms. The Balaban J connectivity index is 0.00000331. The third kappa shape index (κ3) is 14.3. The van der Waals surface area contributed by atoms with Crippen molar-refractivity contribution in [1.29, 1.82) is 0 Å². The minimum atomic E-state index is -5.18. The minimum Gasteiger partial charge on any atom is -0.744 e. The molecule has 300 valence electrons. The van der Waals surface area contributed by atoms with Gasteiger partial charge in [-0.2, -0.15) is 15.1 Å². The third-order valence-corrected chi connectivity index (χ3v) is 11.3. The van der Waals surface area contributed by atoms with Crippen molar-refractivity contribution in [3.63, 3.8) is 0 Å². The van der Waals surface area contributed by atoms with Crippen molar-refractivity contribution in [3.05, 3.63) is 107 Å². The predicted octanol–water partition coefficient (Wildman–Crippen LogP) is -6.64. The minimum absolute atomic E-state index is 0. The van der Waals surface area contributed by atoms with E-state index in [1.165, 1.54) is 48.5 Å². The first-order valence-electron chi connectivity index (χ1n) is 15.6. The summed E-state index contributed by atoms with van der Waals surface area (Å²) in [6, 6.07) is 17.8. The second-order valence-electron chi connectivity index (χ2n) is 11.6. The Kier molecular flexibility index (Phi) is 20.4. The molecule has 21 nitrogen and oxygen atoms in total. The van der Waals surface area contributed by atoms with Gasteiger partial charge in [-0.25, -0.2) is 38.7 Å². The number of nitrogens with one attached hydrogen (secondary N) is 2. The second-order valence-corrected chi connectivity index (χ2v) is 17.5. The second kappa shape index (κ2) is 22.5. The normalized spacial score (nSPS) is 12.3. The van der Waals surface area contributed by atoms with E-state index in [1.54, 1.807) is 13.0 Å². The number of aromatic amines is 1. The molecule has 6 aromatic rings. The molecule has 0 unspecified atom stereocenters. The average molecular weight is 978 g/mol. The summed E-state index contributed by atoms with van der Waals surface area (Å²) in [7, 11) is -20.1. The van der Waals surface area contributed by atoms with E-state index in [9.17, 15) is 51.9 Å². The molecule has 62 heavy (non-hydrogen) atoms. The standard InChI is InChI=1S/C32H24ClN9O12S4.4Na/c1-17-14-18(34-31-36-30(33)37-32(38-31)35-27-16-20(56(46,47)48)8-13-29(27)58(52,53)54)6-10-23(17)39-40-24-11-12-25(22-15-19(55(43,44)45)7-9-21(22)24)41-42-26-4-2-3-5-28(26)57(49,50)51;;;;/h2-16H,1H3,(H,43,44,45)(H,46,47,48)(H,49,50,51)(H,52,53,54)(H2,34,35,36,37,38);;;;/q;4*+1/p-4. The van der Waals surface area contributed by atoms with Gasteiger partial charge in [0.15, 0.2) is 0 Å². The Morgan fingerprint density at radius 3 is 1.66 bits per heavy atom. The number of H-pyrrole nitrogens is 1. The Hall–Kier alpha value is -1.90. The van der Waals surface area contributed by atoms with E-state index < -0.39 is 71.4 Å². The van der Waals surface area contributed by atoms with Crippen LogP contribution < -0.4 is 129 Å².